The lowest BCUT2D eigenvalue weighted by molar-refractivity contribution is 0.0272. The van der Waals surface area contributed by atoms with Crippen molar-refractivity contribution in [3.63, 3.8) is 0 Å². The Morgan fingerprint density at radius 3 is 2.61 bits per heavy atom. The lowest BCUT2D eigenvalue weighted by atomic mass is 9.80. The number of aromatic hydroxyl groups is 1. The van der Waals surface area contributed by atoms with E-state index >= 15 is 0 Å². The fourth-order valence-electron chi connectivity index (χ4n) is 2.18. The number of nitrogens with two attached hydrogens (primary N) is 1. The van der Waals surface area contributed by atoms with E-state index in [1.54, 1.807) is 30.0 Å². The van der Waals surface area contributed by atoms with Crippen LogP contribution in [0.5, 0.6) is 5.75 Å². The van der Waals surface area contributed by atoms with Gasteiger partial charge in [0.15, 0.2) is 0 Å². The Hall–Kier alpha value is -1.55. The molecule has 0 aromatic heterocycles. The number of amides is 1. The van der Waals surface area contributed by atoms with Crippen LogP contribution in [0.2, 0.25) is 0 Å². The van der Waals surface area contributed by atoms with E-state index in [2.05, 4.69) is 13.8 Å². The van der Waals surface area contributed by atoms with Crippen molar-refractivity contribution in [2.45, 2.75) is 26.3 Å². The zero-order chi connectivity index (χ0) is 13.5. The molecule has 1 aromatic carbocycles. The first-order valence-corrected chi connectivity index (χ1v) is 6.22. The van der Waals surface area contributed by atoms with E-state index in [1.807, 2.05) is 0 Å². The number of aryl methyl sites for hydroxylation is 1. The Morgan fingerprint density at radius 2 is 2.06 bits per heavy atom. The summed E-state index contributed by atoms with van der Waals surface area (Å²) in [7, 11) is 0. The van der Waals surface area contributed by atoms with Crippen LogP contribution in [0, 0.1) is 12.8 Å². The molecule has 4 nitrogen and oxygen atoms in total. The van der Waals surface area contributed by atoms with Gasteiger partial charge in [0.25, 0.3) is 5.91 Å². The normalized spacial score (nSPS) is 17.7. The van der Waals surface area contributed by atoms with Crippen molar-refractivity contribution in [3.8, 4) is 5.75 Å². The van der Waals surface area contributed by atoms with Crippen molar-refractivity contribution >= 4 is 5.91 Å². The molecule has 1 aliphatic heterocycles. The van der Waals surface area contributed by atoms with Gasteiger partial charge in [-0.25, -0.2) is 0 Å². The number of carbonyl (C=O) groups is 1. The smallest absolute Gasteiger partial charge is 0.257 e. The predicted molar refractivity (Wildman–Crippen MR) is 70.5 cm³/mol. The van der Waals surface area contributed by atoms with Gasteiger partial charge in [0.1, 0.15) is 5.75 Å². The fourth-order valence-corrected chi connectivity index (χ4v) is 2.18. The summed E-state index contributed by atoms with van der Waals surface area (Å²) < 4.78 is 0. The van der Waals surface area contributed by atoms with Gasteiger partial charge < -0.3 is 15.7 Å². The van der Waals surface area contributed by atoms with Crippen LogP contribution < -0.4 is 5.73 Å². The van der Waals surface area contributed by atoms with Crippen molar-refractivity contribution in [2.24, 2.45) is 11.7 Å². The topological polar surface area (TPSA) is 66.6 Å². The Morgan fingerprint density at radius 1 is 1.44 bits per heavy atom. The minimum absolute atomic E-state index is 0.0709. The van der Waals surface area contributed by atoms with Crippen molar-refractivity contribution in [2.75, 3.05) is 13.1 Å². The first-order valence-electron chi connectivity index (χ1n) is 6.22. The number of hydrogen-bond acceptors (Lipinski definition) is 3. The molecule has 1 aliphatic rings. The summed E-state index contributed by atoms with van der Waals surface area (Å²) in [4.78, 5) is 13.9. The van der Waals surface area contributed by atoms with E-state index in [-0.39, 0.29) is 17.2 Å². The lowest BCUT2D eigenvalue weighted by Gasteiger charge is -2.50. The number of carbonyl (C=O) groups excluding carboxylic acids is 1. The van der Waals surface area contributed by atoms with Crippen molar-refractivity contribution < 1.29 is 9.90 Å². The van der Waals surface area contributed by atoms with Crippen molar-refractivity contribution in [3.05, 3.63) is 29.3 Å². The monoisotopic (exact) mass is 248 g/mol. The Balaban J connectivity index is 2.13. The Labute approximate surface area is 107 Å². The minimum atomic E-state index is -0.283. The van der Waals surface area contributed by atoms with Gasteiger partial charge in [0.05, 0.1) is 11.1 Å². The number of rotatable bonds is 2. The van der Waals surface area contributed by atoms with Gasteiger partial charge in [-0.2, -0.15) is 0 Å². The molecule has 98 valence electrons. The number of phenols is 1. The van der Waals surface area contributed by atoms with Gasteiger partial charge >= 0.3 is 0 Å². The lowest BCUT2D eigenvalue weighted by Crippen LogP contribution is -2.71. The molecule has 1 aromatic rings. The van der Waals surface area contributed by atoms with E-state index in [4.69, 9.17) is 5.73 Å². The fraction of sp³-hybridized carbons (Fsp3) is 0.500. The van der Waals surface area contributed by atoms with Crippen molar-refractivity contribution in [1.82, 2.24) is 4.90 Å². The van der Waals surface area contributed by atoms with Crippen LogP contribution in [0.1, 0.15) is 29.8 Å². The molecule has 2 rings (SSSR count). The first-order chi connectivity index (χ1) is 8.35. The summed E-state index contributed by atoms with van der Waals surface area (Å²) in [5, 5.41) is 9.90. The van der Waals surface area contributed by atoms with Gasteiger partial charge in [-0.3, -0.25) is 4.79 Å². The molecule has 0 aliphatic carbocycles. The van der Waals surface area contributed by atoms with E-state index in [1.165, 1.54) is 0 Å². The molecular weight excluding hydrogens is 228 g/mol. The summed E-state index contributed by atoms with van der Waals surface area (Å²) in [6.07, 6.45) is 0. The van der Waals surface area contributed by atoms with Gasteiger partial charge in [0, 0.05) is 13.1 Å². The zero-order valence-electron chi connectivity index (χ0n) is 11.1. The summed E-state index contributed by atoms with van der Waals surface area (Å²) in [5.41, 5.74) is 6.95. The highest BCUT2D eigenvalue weighted by Gasteiger charge is 2.44. The summed E-state index contributed by atoms with van der Waals surface area (Å²) in [5.74, 6) is 0.271. The Kier molecular flexibility index (Phi) is 3.07. The molecular formula is C14H20N2O2. The van der Waals surface area contributed by atoms with Crippen LogP contribution in [-0.4, -0.2) is 34.5 Å². The van der Waals surface area contributed by atoms with Crippen LogP contribution in [0.4, 0.5) is 0 Å². The molecule has 4 heteroatoms. The molecule has 1 fully saturated rings. The van der Waals surface area contributed by atoms with Gasteiger partial charge in [-0.05, 0) is 24.5 Å². The second-order valence-electron chi connectivity index (χ2n) is 5.52. The summed E-state index contributed by atoms with van der Waals surface area (Å²) >= 11 is 0. The molecule has 0 saturated carbocycles. The van der Waals surface area contributed by atoms with Crippen LogP contribution in [0.3, 0.4) is 0 Å². The number of para-hydroxylation sites is 1. The zero-order valence-corrected chi connectivity index (χ0v) is 11.1. The quantitative estimate of drug-likeness (QED) is 0.833. The number of phenolic OH excluding ortho intramolecular Hbond substituents is 1. The first kappa shape index (κ1) is 12.9. The molecule has 0 radical (unpaired) electrons. The second-order valence-corrected chi connectivity index (χ2v) is 5.52. The SMILES string of the molecule is Cc1cccc(C(=O)N2CC(N)(C(C)C)C2)c1O. The molecule has 3 N–H and O–H groups in total. The largest absolute Gasteiger partial charge is 0.507 e. The van der Waals surface area contributed by atoms with Gasteiger partial charge in [-0.15, -0.1) is 0 Å². The van der Waals surface area contributed by atoms with Gasteiger partial charge in [0.2, 0.25) is 0 Å². The van der Waals surface area contributed by atoms with Crippen LogP contribution in [0.25, 0.3) is 0 Å². The van der Waals surface area contributed by atoms with Crippen LogP contribution in [0.15, 0.2) is 18.2 Å². The molecule has 0 spiro atoms. The Bertz CT molecular complexity index is 477. The maximum atomic E-state index is 12.2. The number of nitrogens with zero attached hydrogens (tertiary/aromatic N) is 1. The minimum Gasteiger partial charge on any atom is -0.507 e. The molecule has 18 heavy (non-hydrogen) atoms. The number of benzene rings is 1. The molecule has 1 saturated heterocycles. The van der Waals surface area contributed by atoms with E-state index in [0.717, 1.165) is 0 Å². The average molecular weight is 248 g/mol. The maximum absolute atomic E-state index is 12.2. The third-order valence-corrected chi connectivity index (χ3v) is 3.88. The molecule has 0 atom stereocenters. The highest BCUT2D eigenvalue weighted by Crippen LogP contribution is 2.30. The van der Waals surface area contributed by atoms with Gasteiger partial charge in [-0.1, -0.05) is 26.0 Å². The molecule has 0 unspecified atom stereocenters. The summed E-state index contributed by atoms with van der Waals surface area (Å²) in [6.45, 7) is 7.01. The number of hydrogen-bond donors (Lipinski definition) is 2. The van der Waals surface area contributed by atoms with E-state index in [9.17, 15) is 9.90 Å². The van der Waals surface area contributed by atoms with E-state index < -0.39 is 0 Å². The number of likely N-dealkylation sites (tertiary alicyclic amines) is 1. The third kappa shape index (κ3) is 1.97. The van der Waals surface area contributed by atoms with Crippen LogP contribution in [-0.2, 0) is 0 Å². The third-order valence-electron chi connectivity index (χ3n) is 3.88. The standard InChI is InChI=1S/C14H20N2O2/c1-9(2)14(15)7-16(8-14)13(18)11-6-4-5-10(3)12(11)17/h4-6,9,17H,7-8,15H2,1-3H3. The molecule has 1 amide bonds. The van der Waals surface area contributed by atoms with E-state index in [0.29, 0.717) is 30.1 Å². The second kappa shape index (κ2) is 4.28. The highest BCUT2D eigenvalue weighted by atomic mass is 16.3. The average Bonchev–Trinajstić information content (AvgIpc) is 2.27. The van der Waals surface area contributed by atoms with Crippen molar-refractivity contribution in [1.29, 1.82) is 0 Å². The maximum Gasteiger partial charge on any atom is 0.257 e. The molecule has 0 bridgehead atoms. The van der Waals surface area contributed by atoms with Crippen LogP contribution >= 0.6 is 0 Å². The summed E-state index contributed by atoms with van der Waals surface area (Å²) in [6, 6.07) is 5.21. The highest BCUT2D eigenvalue weighted by molar-refractivity contribution is 5.97. The molecule has 1 heterocycles. The predicted octanol–water partition coefficient (Wildman–Crippen LogP) is 1.51.